The summed E-state index contributed by atoms with van der Waals surface area (Å²) in [6.07, 6.45) is 3.47. The zero-order valence-corrected chi connectivity index (χ0v) is 28.2. The Kier molecular flexibility index (Phi) is 9.00. The maximum absolute atomic E-state index is 17.1. The number of methoxy groups -OCH3 is 1. The lowest BCUT2D eigenvalue weighted by Crippen LogP contribution is -2.51. The van der Waals surface area contributed by atoms with Gasteiger partial charge in [0.05, 0.1) is 12.7 Å². The van der Waals surface area contributed by atoms with Crippen LogP contribution in [0.25, 0.3) is 23.3 Å². The lowest BCUT2D eigenvalue weighted by Gasteiger charge is -2.33. The molecule has 0 bridgehead atoms. The minimum atomic E-state index is -4.50. The number of rotatable bonds is 7. The summed E-state index contributed by atoms with van der Waals surface area (Å²) in [6, 6.07) is 23.4. The first-order valence-electron chi connectivity index (χ1n) is 15.4. The van der Waals surface area contributed by atoms with Gasteiger partial charge < -0.3 is 27.2 Å². The van der Waals surface area contributed by atoms with Crippen molar-refractivity contribution in [1.82, 2.24) is 4.48 Å². The molecule has 0 saturated heterocycles. The van der Waals surface area contributed by atoms with E-state index < -0.39 is 12.5 Å². The normalized spacial score (nSPS) is 14.4. The van der Waals surface area contributed by atoms with Crippen molar-refractivity contribution in [3.05, 3.63) is 116 Å². The summed E-state index contributed by atoms with van der Waals surface area (Å²) in [5.41, 5.74) is 4.17. The molecule has 0 aliphatic carbocycles. The van der Waals surface area contributed by atoms with Gasteiger partial charge in [0, 0.05) is 60.4 Å². The third-order valence-corrected chi connectivity index (χ3v) is 8.96. The summed E-state index contributed by atoms with van der Waals surface area (Å²) < 4.78 is 41.6. The van der Waals surface area contributed by atoms with Crippen molar-refractivity contribution in [3.63, 3.8) is 0 Å². The molecule has 8 nitrogen and oxygen atoms in total. The number of halogens is 2. The molecule has 3 aromatic rings. The zero-order chi connectivity index (χ0) is 35.8. The number of fused-ring (bicyclic) bond motifs is 2. The Morgan fingerprint density at radius 1 is 0.816 bits per heavy atom. The van der Waals surface area contributed by atoms with Crippen molar-refractivity contribution in [1.29, 1.82) is 21.0 Å². The fourth-order valence-electron chi connectivity index (χ4n) is 6.81. The molecule has 1 aromatic heterocycles. The van der Waals surface area contributed by atoms with Crippen LogP contribution in [0.2, 0.25) is 0 Å². The summed E-state index contributed by atoms with van der Waals surface area (Å²) in [5, 5.41) is 40.4. The molecule has 242 valence electrons. The number of aromatic nitrogens is 1. The topological polar surface area (TPSA) is 116 Å². The van der Waals surface area contributed by atoms with Crippen LogP contribution in [0.1, 0.15) is 48.8 Å². The first-order chi connectivity index (χ1) is 23.4. The van der Waals surface area contributed by atoms with Gasteiger partial charge in [-0.15, -0.1) is 0 Å². The molecule has 0 fully saturated rings. The molecule has 49 heavy (non-hydrogen) atoms. The fraction of sp³-hybridized carbons (Fsp3) is 0.184. The number of ether oxygens (including phenoxy) is 1. The summed E-state index contributed by atoms with van der Waals surface area (Å²) in [4.78, 5) is 1.98. The Balaban J connectivity index is 1.77. The molecule has 0 N–H and O–H groups in total. The number of hydrogen-bond donors (Lipinski definition) is 0. The van der Waals surface area contributed by atoms with Gasteiger partial charge in [0.1, 0.15) is 46.9 Å². The Morgan fingerprint density at radius 3 is 1.92 bits per heavy atom. The van der Waals surface area contributed by atoms with E-state index in [0.29, 0.717) is 39.4 Å². The van der Waals surface area contributed by atoms with E-state index in [1.54, 1.807) is 63.3 Å². The van der Waals surface area contributed by atoms with E-state index in [1.165, 1.54) is 14.0 Å². The largest absolute Gasteiger partial charge is 0.737 e. The highest BCUT2D eigenvalue weighted by Gasteiger charge is 2.56. The molecule has 0 radical (unpaired) electrons. The Morgan fingerprint density at radius 2 is 1.39 bits per heavy atom. The third-order valence-electron chi connectivity index (χ3n) is 8.96. The molecule has 5 rings (SSSR count). The van der Waals surface area contributed by atoms with Crippen molar-refractivity contribution in [2.24, 2.45) is 0 Å². The highest BCUT2D eigenvalue weighted by molar-refractivity contribution is 6.58. The molecule has 2 aliphatic rings. The first-order valence-corrected chi connectivity index (χ1v) is 15.4. The SMILES string of the molecule is COc1ccc(C(=C(C#N)C#N)C(=C(C#N)C#N)C2=C(C)C3=C(C)c4c(C)cc(/C=C/c5ccc(N(C)C)cc5)n4[B-](F)(F)[N+]3=C2C)cc1. The second-order valence-electron chi connectivity index (χ2n) is 12.0. The van der Waals surface area contributed by atoms with Crippen molar-refractivity contribution >= 4 is 41.7 Å². The highest BCUT2D eigenvalue weighted by atomic mass is 19.2. The second-order valence-corrected chi connectivity index (χ2v) is 12.0. The monoisotopic (exact) mass is 651 g/mol. The fourth-order valence-corrected chi connectivity index (χ4v) is 6.81. The van der Waals surface area contributed by atoms with Crippen molar-refractivity contribution in [3.8, 4) is 30.0 Å². The smallest absolute Gasteiger partial charge is 0.497 e. The van der Waals surface area contributed by atoms with E-state index in [0.717, 1.165) is 20.2 Å². The minimum Gasteiger partial charge on any atom is -0.497 e. The quantitative estimate of drug-likeness (QED) is 0.147. The van der Waals surface area contributed by atoms with Crippen LogP contribution in [-0.4, -0.2) is 42.9 Å². The van der Waals surface area contributed by atoms with E-state index >= 15 is 8.63 Å². The zero-order valence-electron chi connectivity index (χ0n) is 28.2. The van der Waals surface area contributed by atoms with Crippen LogP contribution in [0.5, 0.6) is 5.75 Å². The van der Waals surface area contributed by atoms with E-state index in [9.17, 15) is 21.0 Å². The summed E-state index contributed by atoms with van der Waals surface area (Å²) in [6.45, 7) is 2.22. The predicted molar refractivity (Wildman–Crippen MR) is 188 cm³/mol. The van der Waals surface area contributed by atoms with Crippen LogP contribution in [0.15, 0.2) is 88.2 Å². The van der Waals surface area contributed by atoms with Crippen LogP contribution in [0, 0.1) is 52.2 Å². The van der Waals surface area contributed by atoms with Crippen LogP contribution >= 0.6 is 0 Å². The van der Waals surface area contributed by atoms with Crippen molar-refractivity contribution in [2.45, 2.75) is 27.7 Å². The van der Waals surface area contributed by atoms with E-state index in [1.807, 2.05) is 67.5 Å². The van der Waals surface area contributed by atoms with Gasteiger partial charge in [-0.05, 0) is 73.9 Å². The number of nitriles is 4. The lowest BCUT2D eigenvalue weighted by molar-refractivity contribution is -0.363. The van der Waals surface area contributed by atoms with Crippen LogP contribution in [0.4, 0.5) is 14.3 Å². The van der Waals surface area contributed by atoms with Gasteiger partial charge in [-0.25, -0.2) is 0 Å². The summed E-state index contributed by atoms with van der Waals surface area (Å²) >= 11 is 0. The van der Waals surface area contributed by atoms with Crippen molar-refractivity contribution < 1.29 is 17.9 Å². The van der Waals surface area contributed by atoms with Gasteiger partial charge in [0.15, 0.2) is 5.70 Å². The van der Waals surface area contributed by atoms with E-state index in [2.05, 4.69) is 0 Å². The molecule has 0 spiro atoms. The minimum absolute atomic E-state index is 0.00642. The van der Waals surface area contributed by atoms with Gasteiger partial charge in [-0.3, -0.25) is 0 Å². The maximum atomic E-state index is 17.1. The standard InChI is InChI=1S/C38H32BF2N7O/c1-23-18-32(15-10-27-8-13-31(14-9-27)46(5)6)48-37(23)25(3)38-24(2)34(26(4)47(38)39(48,40)41)36(30(21-44)22-45)35(29(19-42)20-43)28-11-16-33(49-7)17-12-28/h8-18H,1-7H3/b15-10+. The number of aryl methyl sites for hydroxylation is 1. The molecule has 0 unspecified atom stereocenters. The summed E-state index contributed by atoms with van der Waals surface area (Å²) in [5.74, 6) is 0.497. The molecule has 3 heterocycles. The number of allylic oxidation sites excluding steroid dienone is 7. The molecule has 2 aliphatic heterocycles. The first kappa shape index (κ1) is 33.9. The second kappa shape index (κ2) is 13.0. The highest BCUT2D eigenvalue weighted by Crippen LogP contribution is 2.47. The molecule has 0 atom stereocenters. The number of nitrogens with zero attached hydrogens (tertiary/aromatic N) is 7. The molecule has 2 aromatic carbocycles. The van der Waals surface area contributed by atoms with Gasteiger partial charge in [0.25, 0.3) is 0 Å². The number of benzene rings is 2. The predicted octanol–water partition coefficient (Wildman–Crippen LogP) is 7.66. The molecule has 0 amide bonds. The average Bonchev–Trinajstić information content (AvgIpc) is 3.58. The molecule has 0 saturated carbocycles. The average molecular weight is 652 g/mol. The Labute approximate surface area is 284 Å². The number of hydrogen-bond acceptors (Lipinski definition) is 6. The van der Waals surface area contributed by atoms with Crippen LogP contribution in [-0.2, 0) is 0 Å². The lowest BCUT2D eigenvalue weighted by atomic mass is 9.83. The van der Waals surface area contributed by atoms with Crippen LogP contribution in [0.3, 0.4) is 0 Å². The van der Waals surface area contributed by atoms with Gasteiger partial charge in [-0.1, -0.05) is 30.3 Å². The summed E-state index contributed by atoms with van der Waals surface area (Å²) in [7, 11) is 5.37. The van der Waals surface area contributed by atoms with E-state index in [4.69, 9.17) is 4.74 Å². The van der Waals surface area contributed by atoms with Crippen molar-refractivity contribution in [2.75, 3.05) is 26.1 Å². The Bertz CT molecular complexity index is 2240. The molecular weight excluding hydrogens is 619 g/mol. The number of anilines is 1. The maximum Gasteiger partial charge on any atom is 0.737 e. The van der Waals surface area contributed by atoms with Gasteiger partial charge in [-0.2, -0.15) is 21.0 Å². The molecule has 11 heteroatoms. The Hall–Kier alpha value is -6.43. The third kappa shape index (κ3) is 5.52. The van der Waals surface area contributed by atoms with Gasteiger partial charge >= 0.3 is 6.97 Å². The van der Waals surface area contributed by atoms with E-state index in [-0.39, 0.29) is 33.7 Å². The van der Waals surface area contributed by atoms with Gasteiger partial charge in [0.2, 0.25) is 0 Å². The van der Waals surface area contributed by atoms with Crippen LogP contribution < -0.4 is 9.64 Å². The molecular formula is C38H32BF2N7O.